The average Bonchev–Trinajstić information content (AvgIpc) is 2.82. The molecule has 1 aromatic heterocycles. The van der Waals surface area contributed by atoms with Gasteiger partial charge in [-0.05, 0) is 23.4 Å². The highest BCUT2D eigenvalue weighted by molar-refractivity contribution is 6.05. The molecule has 102 valence electrons. The Morgan fingerprint density at radius 2 is 2.35 bits per heavy atom. The molecule has 2 aromatic rings. The zero-order valence-electron chi connectivity index (χ0n) is 10.6. The highest BCUT2D eigenvalue weighted by atomic mass is 19.1. The minimum Gasteiger partial charge on any atom is -0.320 e. The first-order valence-corrected chi connectivity index (χ1v) is 5.64. The number of nitrogens with one attached hydrogen (secondary N) is 1. The number of nitrogens with zero attached hydrogens (tertiary/aromatic N) is 4. The van der Waals surface area contributed by atoms with E-state index in [-0.39, 0.29) is 18.1 Å². The number of nitrogens with two attached hydrogens (primary N) is 1. The fourth-order valence-corrected chi connectivity index (χ4v) is 1.46. The van der Waals surface area contributed by atoms with Crippen molar-refractivity contribution < 1.29 is 9.18 Å². The fourth-order valence-electron chi connectivity index (χ4n) is 1.46. The summed E-state index contributed by atoms with van der Waals surface area (Å²) in [6, 6.07) is 3.72. The second-order valence-electron chi connectivity index (χ2n) is 3.75. The first kappa shape index (κ1) is 13.6. The third-order valence-electron chi connectivity index (χ3n) is 2.29. The molecule has 0 aliphatic carbocycles. The maximum Gasteiger partial charge on any atom is 0.270 e. The van der Waals surface area contributed by atoms with Crippen LogP contribution in [-0.4, -0.2) is 32.7 Å². The molecule has 0 atom stereocenters. The molecule has 8 heteroatoms. The van der Waals surface area contributed by atoms with Crippen molar-refractivity contribution in [3.63, 3.8) is 0 Å². The quantitative estimate of drug-likeness (QED) is 0.746. The summed E-state index contributed by atoms with van der Waals surface area (Å²) in [5.41, 5.74) is 5.73. The predicted octanol–water partition coefficient (Wildman–Crippen LogP) is -0.0883. The number of rotatable bonds is 2. The summed E-state index contributed by atoms with van der Waals surface area (Å²) in [6.07, 6.45) is 0. The Morgan fingerprint density at radius 1 is 1.55 bits per heavy atom. The van der Waals surface area contributed by atoms with Gasteiger partial charge in [-0.15, -0.1) is 5.10 Å². The van der Waals surface area contributed by atoms with Crippen LogP contribution in [0.2, 0.25) is 0 Å². The number of carbonyl (C=O) groups is 1. The lowest BCUT2D eigenvalue weighted by molar-refractivity contribution is 0.102. The topological polar surface area (TPSA) is 98.7 Å². The number of aryl methyl sites for hydroxylation is 1. The van der Waals surface area contributed by atoms with E-state index < -0.39 is 11.7 Å². The maximum absolute atomic E-state index is 13.3. The molecule has 0 bridgehead atoms. The minimum atomic E-state index is -0.571. The number of anilines is 1. The number of amides is 1. The van der Waals surface area contributed by atoms with Gasteiger partial charge in [-0.1, -0.05) is 16.9 Å². The fraction of sp³-hybridized carbons (Fsp3) is 0.167. The Kier molecular flexibility index (Phi) is 4.02. The van der Waals surface area contributed by atoms with Crippen LogP contribution in [0.5, 0.6) is 0 Å². The Bertz CT molecular complexity index is 699. The second kappa shape index (κ2) is 5.90. The first-order chi connectivity index (χ1) is 9.60. The first-order valence-electron chi connectivity index (χ1n) is 5.64. The van der Waals surface area contributed by atoms with Crippen molar-refractivity contribution in [2.24, 2.45) is 12.8 Å². The van der Waals surface area contributed by atoms with E-state index in [2.05, 4.69) is 32.6 Å². The lowest BCUT2D eigenvalue weighted by Crippen LogP contribution is -2.15. The van der Waals surface area contributed by atoms with E-state index in [9.17, 15) is 9.18 Å². The van der Waals surface area contributed by atoms with E-state index in [0.717, 1.165) is 6.07 Å². The summed E-state index contributed by atoms with van der Waals surface area (Å²) in [4.78, 5) is 13.3. The molecule has 0 saturated carbocycles. The van der Waals surface area contributed by atoms with Crippen molar-refractivity contribution in [1.29, 1.82) is 0 Å². The van der Waals surface area contributed by atoms with Crippen LogP contribution < -0.4 is 11.1 Å². The van der Waals surface area contributed by atoms with Gasteiger partial charge in [-0.2, -0.15) is 4.80 Å². The zero-order valence-corrected chi connectivity index (χ0v) is 10.6. The van der Waals surface area contributed by atoms with Gasteiger partial charge >= 0.3 is 0 Å². The number of carbonyl (C=O) groups excluding carboxylic acids is 1. The van der Waals surface area contributed by atoms with Gasteiger partial charge in [0, 0.05) is 5.56 Å². The molecular formula is C12H11FN6O. The summed E-state index contributed by atoms with van der Waals surface area (Å²) in [5, 5.41) is 13.4. The molecule has 1 aromatic carbocycles. The smallest absolute Gasteiger partial charge is 0.270 e. The highest BCUT2D eigenvalue weighted by Crippen LogP contribution is 2.12. The highest BCUT2D eigenvalue weighted by Gasteiger charge is 2.14. The van der Waals surface area contributed by atoms with Gasteiger partial charge in [-0.3, -0.25) is 10.1 Å². The van der Waals surface area contributed by atoms with Gasteiger partial charge in [-0.25, -0.2) is 4.39 Å². The summed E-state index contributed by atoms with van der Waals surface area (Å²) in [5.74, 6) is 4.24. The Labute approximate surface area is 114 Å². The molecule has 7 nitrogen and oxygen atoms in total. The second-order valence-corrected chi connectivity index (χ2v) is 3.75. The standard InChI is InChI=1S/C12H11FN6O/c1-19-17-12(16-18-19)15-11(20)10-7-9(13)5-4-8(10)3-2-6-14/h4-5,7H,6,14H2,1H3,(H,15,17,20). The number of tetrazole rings is 1. The van der Waals surface area contributed by atoms with Crippen molar-refractivity contribution >= 4 is 11.9 Å². The van der Waals surface area contributed by atoms with Crippen LogP contribution in [-0.2, 0) is 7.05 Å². The molecule has 3 N–H and O–H groups in total. The molecule has 0 spiro atoms. The molecule has 0 unspecified atom stereocenters. The van der Waals surface area contributed by atoms with Crippen molar-refractivity contribution in [3.8, 4) is 11.8 Å². The zero-order chi connectivity index (χ0) is 14.5. The van der Waals surface area contributed by atoms with Gasteiger partial charge in [0.25, 0.3) is 11.9 Å². The van der Waals surface area contributed by atoms with E-state index in [0.29, 0.717) is 5.56 Å². The van der Waals surface area contributed by atoms with Gasteiger partial charge in [0.2, 0.25) is 0 Å². The minimum absolute atomic E-state index is 0.0273. The molecule has 1 amide bonds. The van der Waals surface area contributed by atoms with Crippen LogP contribution in [0.25, 0.3) is 0 Å². The number of aromatic nitrogens is 4. The van der Waals surface area contributed by atoms with E-state index in [1.807, 2.05) is 0 Å². The Hall–Kier alpha value is -2.79. The lowest BCUT2D eigenvalue weighted by Gasteiger charge is -2.04. The third-order valence-corrected chi connectivity index (χ3v) is 2.29. The van der Waals surface area contributed by atoms with E-state index in [4.69, 9.17) is 5.73 Å². The lowest BCUT2D eigenvalue weighted by atomic mass is 10.1. The number of hydrogen-bond donors (Lipinski definition) is 2. The van der Waals surface area contributed by atoms with Gasteiger partial charge in [0.1, 0.15) is 5.82 Å². The largest absolute Gasteiger partial charge is 0.320 e. The van der Waals surface area contributed by atoms with Crippen molar-refractivity contribution in [3.05, 3.63) is 35.1 Å². The molecule has 1 heterocycles. The molecule has 0 aliphatic heterocycles. The van der Waals surface area contributed by atoms with Crippen molar-refractivity contribution in [2.75, 3.05) is 11.9 Å². The molecule has 0 aliphatic rings. The SMILES string of the molecule is Cn1nnc(NC(=O)c2cc(F)ccc2C#CCN)n1. The van der Waals surface area contributed by atoms with Crippen LogP contribution in [0.4, 0.5) is 10.3 Å². The summed E-state index contributed by atoms with van der Waals surface area (Å²) in [7, 11) is 1.56. The summed E-state index contributed by atoms with van der Waals surface area (Å²) < 4.78 is 13.3. The molecular weight excluding hydrogens is 263 g/mol. The van der Waals surface area contributed by atoms with Crippen LogP contribution in [0.3, 0.4) is 0 Å². The Balaban J connectivity index is 2.30. The maximum atomic E-state index is 13.3. The number of halogens is 1. The van der Waals surface area contributed by atoms with Crippen LogP contribution in [0, 0.1) is 17.7 Å². The number of hydrogen-bond acceptors (Lipinski definition) is 5. The molecule has 0 fully saturated rings. The molecule has 0 radical (unpaired) electrons. The van der Waals surface area contributed by atoms with Gasteiger partial charge in [0.05, 0.1) is 19.2 Å². The van der Waals surface area contributed by atoms with Crippen LogP contribution in [0.15, 0.2) is 18.2 Å². The molecule has 20 heavy (non-hydrogen) atoms. The van der Waals surface area contributed by atoms with Crippen molar-refractivity contribution in [2.45, 2.75) is 0 Å². The van der Waals surface area contributed by atoms with Gasteiger partial charge in [0.15, 0.2) is 0 Å². The average molecular weight is 274 g/mol. The van der Waals surface area contributed by atoms with Gasteiger partial charge < -0.3 is 5.73 Å². The number of benzene rings is 1. The van der Waals surface area contributed by atoms with E-state index >= 15 is 0 Å². The summed E-state index contributed by atoms with van der Waals surface area (Å²) >= 11 is 0. The van der Waals surface area contributed by atoms with E-state index in [1.165, 1.54) is 16.9 Å². The molecule has 2 rings (SSSR count). The van der Waals surface area contributed by atoms with Crippen LogP contribution >= 0.6 is 0 Å². The monoisotopic (exact) mass is 274 g/mol. The molecule has 0 saturated heterocycles. The third kappa shape index (κ3) is 3.15. The predicted molar refractivity (Wildman–Crippen MR) is 69.1 cm³/mol. The normalized spacial score (nSPS) is 9.75. The summed E-state index contributed by atoms with van der Waals surface area (Å²) in [6.45, 7) is 0.143. The van der Waals surface area contributed by atoms with Crippen LogP contribution in [0.1, 0.15) is 15.9 Å². The van der Waals surface area contributed by atoms with Crippen molar-refractivity contribution in [1.82, 2.24) is 20.2 Å². The Morgan fingerprint density at radius 3 is 3.00 bits per heavy atom. The van der Waals surface area contributed by atoms with E-state index in [1.54, 1.807) is 7.05 Å².